The second kappa shape index (κ2) is 6.81. The van der Waals surface area contributed by atoms with Gasteiger partial charge < -0.3 is 15.4 Å². The number of likely N-dealkylation sites (tertiary alicyclic amines) is 1. The van der Waals surface area contributed by atoms with Crippen LogP contribution in [0.15, 0.2) is 18.2 Å². The number of hydrogen-bond donors (Lipinski definition) is 1. The molecule has 2 N–H and O–H groups in total. The van der Waals surface area contributed by atoms with Crippen LogP contribution in [0.25, 0.3) is 0 Å². The van der Waals surface area contributed by atoms with E-state index in [4.69, 9.17) is 10.5 Å². The largest absolute Gasteiger partial charge is 0.491 e. The van der Waals surface area contributed by atoms with E-state index in [9.17, 15) is 9.59 Å². The lowest BCUT2D eigenvalue weighted by Gasteiger charge is -2.30. The van der Waals surface area contributed by atoms with Gasteiger partial charge in [0.05, 0.1) is 6.10 Å². The Morgan fingerprint density at radius 3 is 2.41 bits per heavy atom. The summed E-state index contributed by atoms with van der Waals surface area (Å²) < 4.78 is 5.69. The first-order valence-electron chi connectivity index (χ1n) is 7.74. The first-order valence-corrected chi connectivity index (χ1v) is 7.74. The third-order valence-corrected chi connectivity index (χ3v) is 3.97. The molecule has 5 nitrogen and oxygen atoms in total. The number of carbonyl (C=O) groups excluding carboxylic acids is 2. The molecule has 0 unspecified atom stereocenters. The number of benzene rings is 1. The summed E-state index contributed by atoms with van der Waals surface area (Å²) in [4.78, 5) is 25.5. The van der Waals surface area contributed by atoms with E-state index >= 15 is 0 Å². The van der Waals surface area contributed by atoms with Gasteiger partial charge in [0.1, 0.15) is 5.75 Å². The van der Waals surface area contributed by atoms with E-state index in [2.05, 4.69) is 0 Å². The van der Waals surface area contributed by atoms with E-state index in [1.54, 1.807) is 11.0 Å². The second-order valence-electron chi connectivity index (χ2n) is 6.12. The Morgan fingerprint density at radius 1 is 1.27 bits per heavy atom. The summed E-state index contributed by atoms with van der Waals surface area (Å²) in [6.45, 7) is 7.04. The van der Waals surface area contributed by atoms with Crippen LogP contribution in [-0.4, -0.2) is 35.9 Å². The molecule has 1 aliphatic rings. The minimum absolute atomic E-state index is 0.00196. The highest BCUT2D eigenvalue weighted by molar-refractivity contribution is 5.94. The van der Waals surface area contributed by atoms with Crippen molar-refractivity contribution in [2.75, 3.05) is 13.1 Å². The number of nitrogens with zero attached hydrogens (tertiary/aromatic N) is 1. The first kappa shape index (κ1) is 16.3. The number of hydrogen-bond acceptors (Lipinski definition) is 3. The molecule has 0 aliphatic carbocycles. The molecule has 0 atom stereocenters. The van der Waals surface area contributed by atoms with Crippen molar-refractivity contribution in [1.29, 1.82) is 0 Å². The normalized spacial score (nSPS) is 15.9. The zero-order valence-electron chi connectivity index (χ0n) is 13.5. The molecule has 1 fully saturated rings. The molecule has 1 saturated heterocycles. The summed E-state index contributed by atoms with van der Waals surface area (Å²) in [7, 11) is 0. The molecule has 1 aromatic rings. The van der Waals surface area contributed by atoms with Gasteiger partial charge in [-0.15, -0.1) is 0 Å². The van der Waals surface area contributed by atoms with Gasteiger partial charge >= 0.3 is 0 Å². The van der Waals surface area contributed by atoms with Crippen molar-refractivity contribution in [3.8, 4) is 5.75 Å². The molecule has 120 valence electrons. The van der Waals surface area contributed by atoms with E-state index in [0.717, 1.165) is 11.3 Å². The molecular formula is C17H24N2O3. The topological polar surface area (TPSA) is 72.6 Å². The molecule has 0 bridgehead atoms. The van der Waals surface area contributed by atoms with Gasteiger partial charge in [-0.05, 0) is 57.4 Å². The molecule has 2 amide bonds. The number of rotatable bonds is 4. The van der Waals surface area contributed by atoms with Gasteiger partial charge in [0.15, 0.2) is 0 Å². The molecular weight excluding hydrogens is 280 g/mol. The fourth-order valence-corrected chi connectivity index (χ4v) is 2.72. The summed E-state index contributed by atoms with van der Waals surface area (Å²) in [5, 5.41) is 0. The van der Waals surface area contributed by atoms with E-state index in [0.29, 0.717) is 31.5 Å². The third kappa shape index (κ3) is 3.78. The second-order valence-corrected chi connectivity index (χ2v) is 6.12. The Morgan fingerprint density at radius 2 is 1.91 bits per heavy atom. The highest BCUT2D eigenvalue weighted by Crippen LogP contribution is 2.23. The van der Waals surface area contributed by atoms with Gasteiger partial charge in [-0.2, -0.15) is 0 Å². The number of primary amides is 1. The molecule has 5 heteroatoms. The monoisotopic (exact) mass is 304 g/mol. The van der Waals surface area contributed by atoms with Crippen molar-refractivity contribution in [2.45, 2.75) is 39.7 Å². The summed E-state index contributed by atoms with van der Waals surface area (Å²) in [6.07, 6.45) is 1.40. The summed E-state index contributed by atoms with van der Waals surface area (Å²) in [5.74, 6) is 0.437. The molecule has 1 heterocycles. The first-order chi connectivity index (χ1) is 10.4. The standard InChI is InChI=1S/C17H24N2O3/c1-11(2)22-15-5-4-14(10-12(15)3)17(21)19-8-6-13(7-9-19)16(18)20/h4-5,10-11,13H,6-9H2,1-3H3,(H2,18,20). The Bertz CT molecular complexity index is 561. The van der Waals surface area contributed by atoms with Crippen LogP contribution < -0.4 is 10.5 Å². The number of nitrogens with two attached hydrogens (primary N) is 1. The van der Waals surface area contributed by atoms with Gasteiger partial charge in [-0.25, -0.2) is 0 Å². The van der Waals surface area contributed by atoms with Crippen LogP contribution in [0.4, 0.5) is 0 Å². The van der Waals surface area contributed by atoms with Crippen molar-refractivity contribution in [3.05, 3.63) is 29.3 Å². The van der Waals surface area contributed by atoms with E-state index in [1.165, 1.54) is 0 Å². The predicted molar refractivity (Wildman–Crippen MR) is 84.8 cm³/mol. The number of amides is 2. The maximum absolute atomic E-state index is 12.5. The third-order valence-electron chi connectivity index (χ3n) is 3.97. The molecule has 0 radical (unpaired) electrons. The summed E-state index contributed by atoms with van der Waals surface area (Å²) >= 11 is 0. The summed E-state index contributed by atoms with van der Waals surface area (Å²) in [6, 6.07) is 5.51. The predicted octanol–water partition coefficient (Wildman–Crippen LogP) is 2.12. The Hall–Kier alpha value is -2.04. The van der Waals surface area contributed by atoms with Crippen LogP contribution in [0.3, 0.4) is 0 Å². The van der Waals surface area contributed by atoms with Gasteiger partial charge in [0, 0.05) is 24.6 Å². The highest BCUT2D eigenvalue weighted by atomic mass is 16.5. The van der Waals surface area contributed by atoms with E-state index in [-0.39, 0.29) is 23.8 Å². The smallest absolute Gasteiger partial charge is 0.253 e. The minimum Gasteiger partial charge on any atom is -0.491 e. The molecule has 1 aromatic carbocycles. The van der Waals surface area contributed by atoms with Crippen LogP contribution in [0.5, 0.6) is 5.75 Å². The van der Waals surface area contributed by atoms with Crippen molar-refractivity contribution in [2.24, 2.45) is 11.7 Å². The fourth-order valence-electron chi connectivity index (χ4n) is 2.72. The quantitative estimate of drug-likeness (QED) is 0.926. The average Bonchev–Trinajstić information content (AvgIpc) is 2.48. The SMILES string of the molecule is Cc1cc(C(=O)N2CCC(C(N)=O)CC2)ccc1OC(C)C. The van der Waals surface area contributed by atoms with Gasteiger partial charge in [-0.1, -0.05) is 0 Å². The summed E-state index contributed by atoms with van der Waals surface area (Å²) in [5.41, 5.74) is 6.93. The van der Waals surface area contributed by atoms with E-state index in [1.807, 2.05) is 32.9 Å². The van der Waals surface area contributed by atoms with Gasteiger partial charge in [0.2, 0.25) is 5.91 Å². The van der Waals surface area contributed by atoms with Crippen LogP contribution in [0.2, 0.25) is 0 Å². The van der Waals surface area contributed by atoms with Crippen molar-refractivity contribution in [3.63, 3.8) is 0 Å². The lowest BCUT2D eigenvalue weighted by molar-refractivity contribution is -0.123. The van der Waals surface area contributed by atoms with Gasteiger partial charge in [-0.3, -0.25) is 9.59 Å². The zero-order valence-corrected chi connectivity index (χ0v) is 13.5. The number of piperidine rings is 1. The van der Waals surface area contributed by atoms with E-state index < -0.39 is 0 Å². The van der Waals surface area contributed by atoms with Crippen LogP contribution in [0.1, 0.15) is 42.6 Å². The maximum Gasteiger partial charge on any atom is 0.253 e. The number of ether oxygens (including phenoxy) is 1. The molecule has 0 aromatic heterocycles. The van der Waals surface area contributed by atoms with Gasteiger partial charge in [0.25, 0.3) is 5.91 Å². The minimum atomic E-state index is -0.266. The highest BCUT2D eigenvalue weighted by Gasteiger charge is 2.26. The average molecular weight is 304 g/mol. The zero-order chi connectivity index (χ0) is 16.3. The lowest BCUT2D eigenvalue weighted by Crippen LogP contribution is -2.41. The van der Waals surface area contributed by atoms with Crippen LogP contribution in [0, 0.1) is 12.8 Å². The molecule has 22 heavy (non-hydrogen) atoms. The number of carbonyl (C=O) groups is 2. The van der Waals surface area contributed by atoms with Crippen molar-refractivity contribution >= 4 is 11.8 Å². The molecule has 0 spiro atoms. The molecule has 0 saturated carbocycles. The Labute approximate surface area is 131 Å². The molecule has 2 rings (SSSR count). The molecule has 1 aliphatic heterocycles. The van der Waals surface area contributed by atoms with Crippen LogP contribution >= 0.6 is 0 Å². The lowest BCUT2D eigenvalue weighted by atomic mass is 9.95. The van der Waals surface area contributed by atoms with Crippen molar-refractivity contribution in [1.82, 2.24) is 4.90 Å². The Kier molecular flexibility index (Phi) is 5.06. The fraction of sp³-hybridized carbons (Fsp3) is 0.529. The number of aryl methyl sites for hydroxylation is 1. The maximum atomic E-state index is 12.5. The van der Waals surface area contributed by atoms with Crippen LogP contribution in [-0.2, 0) is 4.79 Å². The van der Waals surface area contributed by atoms with Crippen molar-refractivity contribution < 1.29 is 14.3 Å². The Balaban J connectivity index is 2.04.